The van der Waals surface area contributed by atoms with Gasteiger partial charge < -0.3 is 24.5 Å². The van der Waals surface area contributed by atoms with Gasteiger partial charge in [-0.25, -0.2) is 4.79 Å². The minimum absolute atomic E-state index is 0.0274. The maximum absolute atomic E-state index is 13.1. The Morgan fingerprint density at radius 3 is 2.18 bits per heavy atom. The topological polar surface area (TPSA) is 165 Å². The number of carbonyl (C=O) groups excluding carboxylic acids is 1. The van der Waals surface area contributed by atoms with E-state index in [1.54, 1.807) is 30.3 Å². The van der Waals surface area contributed by atoms with Crippen LogP contribution in [0.15, 0.2) is 113 Å². The number of ether oxygens (including phenoxy) is 1. The number of carbonyl (C=O) groups is 1. The molecule has 1 amide bonds. The summed E-state index contributed by atoms with van der Waals surface area (Å²) in [4.78, 5) is 46.2. The number of aliphatic hydroxyl groups is 1. The van der Waals surface area contributed by atoms with Crippen molar-refractivity contribution in [3.63, 3.8) is 0 Å². The fourth-order valence-corrected chi connectivity index (χ4v) is 12.7. The van der Waals surface area contributed by atoms with E-state index in [9.17, 15) is 24.2 Å². The Balaban J connectivity index is 0.000000411. The van der Waals surface area contributed by atoms with Crippen LogP contribution >= 0.6 is 8.25 Å². The molecular weight excluding hydrogens is 750 g/mol. The van der Waals surface area contributed by atoms with Crippen LogP contribution in [0.5, 0.6) is 0 Å². The van der Waals surface area contributed by atoms with Gasteiger partial charge >= 0.3 is 13.9 Å². The van der Waals surface area contributed by atoms with Crippen molar-refractivity contribution in [3.8, 4) is 0 Å². The number of amidine groups is 1. The Hall–Kier alpha value is -4.40. The largest absolute Gasteiger partial charge is 0.697 e. The summed E-state index contributed by atoms with van der Waals surface area (Å²) in [6.45, 7) is 9.66. The van der Waals surface area contributed by atoms with E-state index in [1.807, 2.05) is 60.7 Å². The smallest absolute Gasteiger partial charge is 0.405 e. The first-order valence-corrected chi connectivity index (χ1v) is 22.2. The molecule has 3 aromatic carbocycles. The fourth-order valence-electron chi connectivity index (χ4n) is 7.67. The van der Waals surface area contributed by atoms with Crippen molar-refractivity contribution in [3.05, 3.63) is 119 Å². The third kappa shape index (κ3) is 9.58. The average molecular weight is 801 g/mol. The zero-order valence-corrected chi connectivity index (χ0v) is 34.0. The average Bonchev–Trinajstić information content (AvgIpc) is 3.33. The zero-order valence-electron chi connectivity index (χ0n) is 32.1. The molecule has 3 N–H and O–H groups in total. The standard InChI is InChI=1S/C32H34N3O8PSi.C9H16N2/c1-31(2,3)45(24-15-9-5-10-16-24,25-17-11-6-12-18-25)41-22-26-32(38,43-44(39)40)21-28(42-26)35-20-19-27(34-30(35)37)33-29(36)23-13-7-4-8-14-23;1-2-5-9-10-6-4-8-11(9)7-3-1/h4-20,26,28,38H,21-22H2,1-3H3,(H-,33,34,36,37,39,40);1-8H2/p+1/t26-,28-,32-;/m1./s1. The monoisotopic (exact) mass is 800 g/mol. The van der Waals surface area contributed by atoms with Gasteiger partial charge in [0.05, 0.1) is 18.9 Å². The Morgan fingerprint density at radius 2 is 1.57 bits per heavy atom. The number of nitrogens with one attached hydrogen (secondary N) is 1. The lowest BCUT2D eigenvalue weighted by Gasteiger charge is -2.43. The lowest BCUT2D eigenvalue weighted by atomic mass is 10.1. The summed E-state index contributed by atoms with van der Waals surface area (Å²) < 4.78 is 31.1. The summed E-state index contributed by atoms with van der Waals surface area (Å²) in [6, 6.07) is 29.6. The van der Waals surface area contributed by atoms with E-state index in [2.05, 4.69) is 41.0 Å². The van der Waals surface area contributed by atoms with E-state index in [0.29, 0.717) is 5.56 Å². The minimum atomic E-state index is -3.24. The van der Waals surface area contributed by atoms with Gasteiger partial charge in [0.1, 0.15) is 18.1 Å². The van der Waals surface area contributed by atoms with Crippen molar-refractivity contribution in [2.45, 2.75) is 82.5 Å². The molecule has 1 aromatic heterocycles. The second kappa shape index (κ2) is 18.2. The molecule has 15 heteroatoms. The molecule has 0 spiro atoms. The summed E-state index contributed by atoms with van der Waals surface area (Å²) >= 11 is 0. The lowest BCUT2D eigenvalue weighted by molar-refractivity contribution is -0.183. The zero-order chi connectivity index (χ0) is 39.8. The number of anilines is 1. The molecule has 13 nitrogen and oxygen atoms in total. The van der Waals surface area contributed by atoms with Crippen LogP contribution in [0.4, 0.5) is 5.82 Å². The minimum Gasteiger partial charge on any atom is -0.405 e. The molecule has 4 heterocycles. The lowest BCUT2D eigenvalue weighted by Crippen LogP contribution is -2.67. The molecule has 7 rings (SSSR count). The first-order valence-electron chi connectivity index (χ1n) is 19.1. The van der Waals surface area contributed by atoms with Gasteiger partial charge in [-0.2, -0.15) is 4.98 Å². The third-order valence-corrected chi connectivity index (χ3v) is 15.9. The second-order valence-electron chi connectivity index (χ2n) is 15.2. The number of fused-ring (bicyclic) bond motifs is 1. The van der Waals surface area contributed by atoms with Gasteiger partial charge in [0, 0.05) is 42.4 Å². The molecule has 2 fully saturated rings. The number of nitrogens with zero attached hydrogens (tertiary/aromatic N) is 4. The maximum atomic E-state index is 13.1. The van der Waals surface area contributed by atoms with Crippen molar-refractivity contribution < 1.29 is 33.0 Å². The van der Waals surface area contributed by atoms with Crippen LogP contribution in [0.1, 0.15) is 75.9 Å². The van der Waals surface area contributed by atoms with Crippen molar-refractivity contribution >= 4 is 44.5 Å². The highest BCUT2D eigenvalue weighted by Gasteiger charge is 2.58. The van der Waals surface area contributed by atoms with E-state index in [0.717, 1.165) is 21.5 Å². The van der Waals surface area contributed by atoms with Gasteiger partial charge in [0.25, 0.3) is 20.0 Å². The molecule has 4 atom stereocenters. The van der Waals surface area contributed by atoms with Crippen LogP contribution in [0.25, 0.3) is 0 Å². The molecule has 296 valence electrons. The Bertz CT molecular complexity index is 1990. The van der Waals surface area contributed by atoms with E-state index >= 15 is 0 Å². The summed E-state index contributed by atoms with van der Waals surface area (Å²) in [5.41, 5.74) is -0.373. The fraction of sp³-hybridized carbons (Fsp3) is 0.415. The second-order valence-corrected chi connectivity index (χ2v) is 20.2. The van der Waals surface area contributed by atoms with Crippen LogP contribution in [-0.4, -0.2) is 82.6 Å². The molecule has 0 bridgehead atoms. The number of hydrogen-bond donors (Lipinski definition) is 3. The van der Waals surface area contributed by atoms with E-state index < -0.39 is 51.3 Å². The highest BCUT2D eigenvalue weighted by atomic mass is 31.1. The summed E-state index contributed by atoms with van der Waals surface area (Å²) in [5, 5.41) is 15.7. The van der Waals surface area contributed by atoms with Crippen LogP contribution in [-0.2, 0) is 18.3 Å². The number of benzene rings is 3. The molecule has 3 aliphatic rings. The molecule has 0 saturated carbocycles. The molecule has 3 aliphatic heterocycles. The summed E-state index contributed by atoms with van der Waals surface area (Å²) in [7, 11) is -6.33. The van der Waals surface area contributed by atoms with E-state index in [4.69, 9.17) is 13.7 Å². The SMILES string of the molecule is C1CCC2=NCCCN2CC1.CC(C)(C)[Si](OC[C@H]1O[C@@H](n2ccc(NC(=O)c3ccccc3)nc2=O)C[C@@]1(O)O[P+](=O)O)(c1ccccc1)c1ccccc1. The summed E-state index contributed by atoms with van der Waals surface area (Å²) in [6.07, 6.45) is 5.27. The van der Waals surface area contributed by atoms with Gasteiger partial charge in [-0.3, -0.25) is 14.4 Å². The first kappa shape index (κ1) is 41.2. The molecule has 56 heavy (non-hydrogen) atoms. The van der Waals surface area contributed by atoms with Crippen LogP contribution in [0.2, 0.25) is 5.04 Å². The van der Waals surface area contributed by atoms with Crippen LogP contribution < -0.4 is 21.4 Å². The molecule has 2 saturated heterocycles. The molecule has 4 aromatic rings. The van der Waals surface area contributed by atoms with E-state index in [-0.39, 0.29) is 18.8 Å². The highest BCUT2D eigenvalue weighted by molar-refractivity contribution is 7.32. The van der Waals surface area contributed by atoms with Crippen LogP contribution in [0.3, 0.4) is 0 Å². The van der Waals surface area contributed by atoms with Crippen molar-refractivity contribution in [2.75, 3.05) is 31.6 Å². The van der Waals surface area contributed by atoms with E-state index in [1.165, 1.54) is 63.3 Å². The summed E-state index contributed by atoms with van der Waals surface area (Å²) in [5.74, 6) is -1.28. The normalized spacial score (nSPS) is 21.5. The van der Waals surface area contributed by atoms with Crippen LogP contribution in [0, 0.1) is 0 Å². The molecule has 0 radical (unpaired) electrons. The molecule has 0 aliphatic carbocycles. The van der Waals surface area contributed by atoms with Gasteiger partial charge in [-0.15, -0.1) is 4.89 Å². The number of amides is 1. The molecular formula is C41H51N5O8PSi+. The first-order chi connectivity index (χ1) is 26.9. The predicted molar refractivity (Wildman–Crippen MR) is 218 cm³/mol. The number of rotatable bonds is 10. The highest BCUT2D eigenvalue weighted by Crippen LogP contribution is 2.43. The van der Waals surface area contributed by atoms with Crippen molar-refractivity contribution in [1.82, 2.24) is 14.5 Å². The number of hydrogen-bond acceptors (Lipinski definition) is 10. The van der Waals surface area contributed by atoms with Gasteiger partial charge in [-0.1, -0.05) is 111 Å². The third-order valence-electron chi connectivity index (χ3n) is 10.4. The molecule has 1 unspecified atom stereocenters. The Kier molecular flexibility index (Phi) is 13.4. The number of aliphatic imine (C=N–C) groups is 1. The quantitative estimate of drug-likeness (QED) is 0.108. The Morgan fingerprint density at radius 1 is 0.946 bits per heavy atom. The van der Waals surface area contributed by atoms with Crippen molar-refractivity contribution in [1.29, 1.82) is 0 Å². The van der Waals surface area contributed by atoms with Gasteiger partial charge in [0.2, 0.25) is 0 Å². The Labute approximate surface area is 329 Å². The van der Waals surface area contributed by atoms with Gasteiger partial charge in [-0.05, 0) is 52.9 Å². The maximum Gasteiger partial charge on any atom is 0.697 e. The van der Waals surface area contributed by atoms with Crippen molar-refractivity contribution in [2.24, 2.45) is 4.99 Å². The predicted octanol–water partition coefficient (Wildman–Crippen LogP) is 5.38. The number of aromatic nitrogens is 2. The van der Waals surface area contributed by atoms with Gasteiger partial charge in [0.15, 0.2) is 0 Å².